The van der Waals surface area contributed by atoms with Crippen LogP contribution < -0.4 is 11.1 Å². The molecule has 1 rings (SSSR count). The van der Waals surface area contributed by atoms with Crippen molar-refractivity contribution in [2.75, 3.05) is 5.32 Å². The van der Waals surface area contributed by atoms with Gasteiger partial charge in [0.1, 0.15) is 4.99 Å². The maximum atomic E-state index is 13.0. The summed E-state index contributed by atoms with van der Waals surface area (Å²) in [5.74, 6) is 0. The van der Waals surface area contributed by atoms with Crippen LogP contribution in [0.2, 0.25) is 0 Å². The molecule has 0 saturated carbocycles. The van der Waals surface area contributed by atoms with Gasteiger partial charge in [-0.05, 0) is 38.0 Å². The lowest BCUT2D eigenvalue weighted by atomic mass is 9.94. The fourth-order valence-electron chi connectivity index (χ4n) is 1.85. The summed E-state index contributed by atoms with van der Waals surface area (Å²) in [7, 11) is 0. The second kappa shape index (κ2) is 5.99. The van der Waals surface area contributed by atoms with E-state index in [1.807, 2.05) is 20.8 Å². The van der Waals surface area contributed by atoms with Crippen LogP contribution in [-0.2, 0) is 6.18 Å². The van der Waals surface area contributed by atoms with Gasteiger partial charge in [-0.15, -0.1) is 0 Å². The Balaban J connectivity index is 3.23. The van der Waals surface area contributed by atoms with Crippen LogP contribution in [0, 0.1) is 0 Å². The van der Waals surface area contributed by atoms with Crippen molar-refractivity contribution in [2.24, 2.45) is 5.73 Å². The molecule has 0 saturated heterocycles. The Hall–Kier alpha value is -1.30. The number of thiocarbonyl (C=S) groups is 1. The molecular formula is C14H19F3N2S. The highest BCUT2D eigenvalue weighted by molar-refractivity contribution is 7.80. The Morgan fingerprint density at radius 1 is 1.25 bits per heavy atom. The van der Waals surface area contributed by atoms with Gasteiger partial charge in [0.2, 0.25) is 0 Å². The molecular weight excluding hydrogens is 285 g/mol. The quantitative estimate of drug-likeness (QED) is 0.795. The number of hydrogen-bond donors (Lipinski definition) is 2. The lowest BCUT2D eigenvalue weighted by Crippen LogP contribution is -2.33. The third kappa shape index (κ3) is 3.85. The van der Waals surface area contributed by atoms with Gasteiger partial charge in [-0.1, -0.05) is 26.1 Å². The molecule has 0 radical (unpaired) electrons. The molecule has 0 aliphatic heterocycles. The topological polar surface area (TPSA) is 38.0 Å². The Morgan fingerprint density at radius 3 is 2.20 bits per heavy atom. The summed E-state index contributed by atoms with van der Waals surface area (Å²) in [6.07, 6.45) is -2.87. The van der Waals surface area contributed by atoms with E-state index in [-0.39, 0.29) is 16.1 Å². The maximum Gasteiger partial charge on any atom is 0.417 e. The molecule has 0 bridgehead atoms. The minimum Gasteiger partial charge on any atom is -0.389 e. The molecule has 0 aliphatic rings. The molecule has 0 fully saturated rings. The number of halogens is 3. The Labute approximate surface area is 122 Å². The van der Waals surface area contributed by atoms with Gasteiger partial charge in [-0.3, -0.25) is 0 Å². The molecule has 1 aromatic carbocycles. The van der Waals surface area contributed by atoms with Gasteiger partial charge < -0.3 is 11.1 Å². The van der Waals surface area contributed by atoms with Gasteiger partial charge in [0, 0.05) is 16.8 Å². The number of nitrogens with one attached hydrogen (secondary N) is 1. The fraction of sp³-hybridized carbons (Fsp3) is 0.500. The summed E-state index contributed by atoms with van der Waals surface area (Å²) in [5, 5.41) is 3.15. The van der Waals surface area contributed by atoms with Crippen molar-refractivity contribution in [1.29, 1.82) is 0 Å². The Bertz CT molecular complexity index is 494. The Kier molecular flexibility index (Phi) is 5.02. The largest absolute Gasteiger partial charge is 0.417 e. The first-order valence-electron chi connectivity index (χ1n) is 6.42. The standard InChI is InChI=1S/C14H19F3N2S/c1-4-13(3,5-2)19-9-6-7-10(12(18)20)11(8-9)14(15,16)17/h6-8,19H,4-5H2,1-3H3,(H2,18,20). The molecule has 1 aromatic rings. The van der Waals surface area contributed by atoms with Crippen LogP contribution in [0.4, 0.5) is 18.9 Å². The molecule has 6 heteroatoms. The van der Waals surface area contributed by atoms with E-state index >= 15 is 0 Å². The van der Waals surface area contributed by atoms with Gasteiger partial charge >= 0.3 is 6.18 Å². The number of hydrogen-bond acceptors (Lipinski definition) is 2. The van der Waals surface area contributed by atoms with E-state index in [9.17, 15) is 13.2 Å². The van der Waals surface area contributed by atoms with Crippen molar-refractivity contribution < 1.29 is 13.2 Å². The van der Waals surface area contributed by atoms with E-state index < -0.39 is 11.7 Å². The number of rotatable bonds is 5. The molecule has 0 aliphatic carbocycles. The smallest absolute Gasteiger partial charge is 0.389 e. The molecule has 2 nitrogen and oxygen atoms in total. The van der Waals surface area contributed by atoms with Crippen LogP contribution in [0.25, 0.3) is 0 Å². The van der Waals surface area contributed by atoms with Crippen LogP contribution in [0.3, 0.4) is 0 Å². The van der Waals surface area contributed by atoms with Gasteiger partial charge in [-0.2, -0.15) is 13.2 Å². The first-order valence-corrected chi connectivity index (χ1v) is 6.83. The van der Waals surface area contributed by atoms with Crippen molar-refractivity contribution in [3.8, 4) is 0 Å². The summed E-state index contributed by atoms with van der Waals surface area (Å²) in [5.41, 5.74) is 4.58. The predicted molar refractivity (Wildman–Crippen MR) is 79.9 cm³/mol. The highest BCUT2D eigenvalue weighted by Gasteiger charge is 2.34. The van der Waals surface area contributed by atoms with Gasteiger partial charge in [-0.25, -0.2) is 0 Å². The minimum atomic E-state index is -4.48. The molecule has 20 heavy (non-hydrogen) atoms. The van der Waals surface area contributed by atoms with Crippen LogP contribution in [0.5, 0.6) is 0 Å². The third-order valence-electron chi connectivity index (χ3n) is 3.60. The normalized spacial score (nSPS) is 12.3. The van der Waals surface area contributed by atoms with Crippen molar-refractivity contribution in [3.63, 3.8) is 0 Å². The lowest BCUT2D eigenvalue weighted by molar-refractivity contribution is -0.137. The predicted octanol–water partition coefficient (Wildman–Crippen LogP) is 4.33. The zero-order chi connectivity index (χ0) is 15.6. The second-order valence-electron chi connectivity index (χ2n) is 5.02. The zero-order valence-electron chi connectivity index (χ0n) is 11.8. The summed E-state index contributed by atoms with van der Waals surface area (Å²) in [6.45, 7) is 5.96. The highest BCUT2D eigenvalue weighted by Crippen LogP contribution is 2.34. The summed E-state index contributed by atoms with van der Waals surface area (Å²) in [6, 6.07) is 3.96. The van der Waals surface area contributed by atoms with Gasteiger partial charge in [0.25, 0.3) is 0 Å². The van der Waals surface area contributed by atoms with Crippen molar-refractivity contribution in [1.82, 2.24) is 0 Å². The van der Waals surface area contributed by atoms with Crippen LogP contribution in [0.1, 0.15) is 44.7 Å². The number of anilines is 1. The van der Waals surface area contributed by atoms with E-state index in [1.54, 1.807) is 6.07 Å². The molecule has 0 heterocycles. The van der Waals surface area contributed by atoms with E-state index in [0.29, 0.717) is 5.69 Å². The molecule has 0 atom stereocenters. The first kappa shape index (κ1) is 16.8. The molecule has 3 N–H and O–H groups in total. The average molecular weight is 304 g/mol. The zero-order valence-corrected chi connectivity index (χ0v) is 12.6. The molecule has 112 valence electrons. The van der Waals surface area contributed by atoms with Crippen LogP contribution in [0.15, 0.2) is 18.2 Å². The van der Waals surface area contributed by atoms with E-state index in [1.165, 1.54) is 6.07 Å². The summed E-state index contributed by atoms with van der Waals surface area (Å²) < 4.78 is 39.1. The van der Waals surface area contributed by atoms with Crippen molar-refractivity contribution >= 4 is 22.9 Å². The molecule has 0 unspecified atom stereocenters. The number of alkyl halides is 3. The molecule has 0 amide bonds. The number of benzene rings is 1. The Morgan fingerprint density at radius 2 is 1.80 bits per heavy atom. The minimum absolute atomic E-state index is 0.146. The van der Waals surface area contributed by atoms with E-state index in [4.69, 9.17) is 5.73 Å². The van der Waals surface area contributed by atoms with E-state index in [0.717, 1.165) is 18.9 Å². The monoisotopic (exact) mass is 304 g/mol. The first-order chi connectivity index (χ1) is 9.13. The maximum absolute atomic E-state index is 13.0. The average Bonchev–Trinajstić information content (AvgIpc) is 2.37. The fourth-order valence-corrected chi connectivity index (χ4v) is 2.02. The third-order valence-corrected chi connectivity index (χ3v) is 3.82. The van der Waals surface area contributed by atoms with Crippen LogP contribution >= 0.6 is 12.2 Å². The summed E-state index contributed by atoms with van der Waals surface area (Å²) in [4.78, 5) is -0.252. The number of nitrogens with two attached hydrogens (primary N) is 1. The SMILES string of the molecule is CCC(C)(CC)Nc1ccc(C(N)=S)c(C(F)(F)F)c1. The van der Waals surface area contributed by atoms with E-state index in [2.05, 4.69) is 17.5 Å². The molecule has 0 spiro atoms. The van der Waals surface area contributed by atoms with Gasteiger partial charge in [0.15, 0.2) is 0 Å². The van der Waals surface area contributed by atoms with Crippen molar-refractivity contribution in [2.45, 2.75) is 45.3 Å². The highest BCUT2D eigenvalue weighted by atomic mass is 32.1. The second-order valence-corrected chi connectivity index (χ2v) is 5.45. The van der Waals surface area contributed by atoms with Gasteiger partial charge in [0.05, 0.1) is 5.56 Å². The molecule has 0 aromatic heterocycles. The van der Waals surface area contributed by atoms with Crippen molar-refractivity contribution in [3.05, 3.63) is 29.3 Å². The van der Waals surface area contributed by atoms with Crippen LogP contribution in [-0.4, -0.2) is 10.5 Å². The summed E-state index contributed by atoms with van der Waals surface area (Å²) >= 11 is 4.67. The lowest BCUT2D eigenvalue weighted by Gasteiger charge is -2.30.